The smallest absolute Gasteiger partial charge is 0.415 e. The molecule has 7 nitrogen and oxygen atoms in total. The molecule has 0 bridgehead atoms. The van der Waals surface area contributed by atoms with Crippen LogP contribution in [-0.2, 0) is 20.9 Å². The molecule has 0 unspecified atom stereocenters. The average molecular weight is 502 g/mol. The number of benzene rings is 2. The highest BCUT2D eigenvalue weighted by molar-refractivity contribution is 5.90. The number of hydrogen-bond donors (Lipinski definition) is 0. The fourth-order valence-electron chi connectivity index (χ4n) is 5.93. The number of amides is 1. The van der Waals surface area contributed by atoms with Gasteiger partial charge in [-0.05, 0) is 74.4 Å². The van der Waals surface area contributed by atoms with Gasteiger partial charge in [-0.1, -0.05) is 24.3 Å². The molecule has 0 N–H and O–H groups in total. The molecule has 3 heterocycles. The van der Waals surface area contributed by atoms with Crippen LogP contribution in [0.15, 0.2) is 48.7 Å². The van der Waals surface area contributed by atoms with E-state index >= 15 is 0 Å². The third kappa shape index (κ3) is 5.07. The number of hydrogen-bond acceptors (Lipinski definition) is 5. The van der Waals surface area contributed by atoms with Crippen LogP contribution in [0.5, 0.6) is 0 Å². The lowest BCUT2D eigenvalue weighted by molar-refractivity contribution is -0.191. The van der Waals surface area contributed by atoms with E-state index in [0.717, 1.165) is 44.1 Å². The fourth-order valence-corrected chi connectivity index (χ4v) is 5.93. The fraction of sp³-hybridized carbons (Fsp3) is 0.467. The number of para-hydroxylation sites is 1. The minimum Gasteiger partial charge on any atom is -0.441 e. The number of carbonyl (C=O) groups excluding carboxylic acids is 3. The summed E-state index contributed by atoms with van der Waals surface area (Å²) < 4.78 is 8.44. The monoisotopic (exact) mass is 501 g/mol. The third-order valence-corrected chi connectivity index (χ3v) is 8.03. The number of anilines is 1. The highest BCUT2D eigenvalue weighted by atomic mass is 16.6. The number of aryl methyl sites for hydroxylation is 1. The molecule has 0 atom stereocenters. The third-order valence-electron chi connectivity index (χ3n) is 8.03. The minimum atomic E-state index is -0.356. The van der Waals surface area contributed by atoms with E-state index in [1.165, 1.54) is 40.4 Å². The van der Waals surface area contributed by atoms with Crippen molar-refractivity contribution < 1.29 is 19.1 Å². The molecular formula is C30H35N3O4. The molecule has 1 spiro atoms. The maximum atomic E-state index is 12.6. The van der Waals surface area contributed by atoms with Crippen molar-refractivity contribution in [3.8, 4) is 0 Å². The van der Waals surface area contributed by atoms with Crippen LogP contribution in [0.25, 0.3) is 10.9 Å². The molecule has 6 rings (SSSR count). The van der Waals surface area contributed by atoms with E-state index in [-0.39, 0.29) is 17.8 Å². The van der Waals surface area contributed by atoms with Gasteiger partial charge in [0.25, 0.3) is 0 Å². The van der Waals surface area contributed by atoms with Crippen molar-refractivity contribution in [2.45, 2.75) is 70.6 Å². The molecule has 2 aromatic carbocycles. The number of nitrogens with zero attached hydrogens (tertiary/aromatic N) is 3. The average Bonchev–Trinajstić information content (AvgIpc) is 3.60. The van der Waals surface area contributed by atoms with Crippen LogP contribution in [0.3, 0.4) is 0 Å². The Hall–Kier alpha value is -3.41. The van der Waals surface area contributed by atoms with Crippen molar-refractivity contribution in [1.82, 2.24) is 9.47 Å². The SMILES string of the molecule is Cc1cc(C2CC2)cc2c(CN3CCC4(CC3)CN(c3ccccc3)C(=O)O4)cn(C(C)C)c12.O=C=O. The summed E-state index contributed by atoms with van der Waals surface area (Å²) in [6.07, 6.45) is 6.86. The van der Waals surface area contributed by atoms with E-state index in [1.54, 1.807) is 4.90 Å². The Bertz CT molecular complexity index is 1310. The Labute approximate surface area is 218 Å². The van der Waals surface area contributed by atoms with Crippen LogP contribution in [0.2, 0.25) is 0 Å². The van der Waals surface area contributed by atoms with Gasteiger partial charge in [-0.15, -0.1) is 0 Å². The second kappa shape index (κ2) is 10.2. The number of ether oxygens (including phenoxy) is 1. The highest BCUT2D eigenvalue weighted by Gasteiger charge is 2.47. The predicted octanol–water partition coefficient (Wildman–Crippen LogP) is 5.82. The number of rotatable bonds is 5. The van der Waals surface area contributed by atoms with Gasteiger partial charge in [-0.2, -0.15) is 9.59 Å². The predicted molar refractivity (Wildman–Crippen MR) is 142 cm³/mol. The second-order valence-corrected chi connectivity index (χ2v) is 11.0. The van der Waals surface area contributed by atoms with Gasteiger partial charge in [-0.3, -0.25) is 9.80 Å². The Morgan fingerprint density at radius 2 is 1.76 bits per heavy atom. The van der Waals surface area contributed by atoms with Gasteiger partial charge in [0.1, 0.15) is 5.60 Å². The van der Waals surface area contributed by atoms with Gasteiger partial charge in [-0.25, -0.2) is 4.79 Å². The summed E-state index contributed by atoms with van der Waals surface area (Å²) >= 11 is 0. The molecule has 7 heteroatoms. The van der Waals surface area contributed by atoms with Gasteiger partial charge in [0.05, 0.1) is 12.1 Å². The first-order chi connectivity index (χ1) is 17.8. The second-order valence-electron chi connectivity index (χ2n) is 11.0. The standard InChI is InChI=1S/C29H35N3O2.CO2/c1-20(2)31-18-24(26-16-23(22-9-10-22)15-21(3)27(26)31)17-30-13-11-29(12-14-30)19-32(28(33)34-29)25-7-5-4-6-8-25;2-1-3/h4-8,15-16,18,20,22H,9-14,17,19H2,1-3H3;. The first kappa shape index (κ1) is 25.2. The summed E-state index contributed by atoms with van der Waals surface area (Å²) in [5, 5.41) is 1.43. The first-order valence-corrected chi connectivity index (χ1v) is 13.3. The van der Waals surface area contributed by atoms with Crippen molar-refractivity contribution in [1.29, 1.82) is 0 Å². The van der Waals surface area contributed by atoms with Crippen molar-refractivity contribution in [3.05, 3.63) is 65.4 Å². The highest BCUT2D eigenvalue weighted by Crippen LogP contribution is 2.43. The Kier molecular flexibility index (Phi) is 6.93. The van der Waals surface area contributed by atoms with Crippen molar-refractivity contribution in [2.75, 3.05) is 24.5 Å². The molecule has 2 aliphatic heterocycles. The molecule has 37 heavy (non-hydrogen) atoms. The first-order valence-electron chi connectivity index (χ1n) is 13.3. The zero-order valence-corrected chi connectivity index (χ0v) is 21.9. The minimum absolute atomic E-state index is 0.206. The van der Waals surface area contributed by atoms with E-state index in [4.69, 9.17) is 14.3 Å². The van der Waals surface area contributed by atoms with Gasteiger partial charge in [0, 0.05) is 55.8 Å². The lowest BCUT2D eigenvalue weighted by Crippen LogP contribution is -2.46. The van der Waals surface area contributed by atoms with Crippen LogP contribution >= 0.6 is 0 Å². The van der Waals surface area contributed by atoms with Crippen LogP contribution in [0, 0.1) is 6.92 Å². The summed E-state index contributed by atoms with van der Waals surface area (Å²) in [4.78, 5) is 33.2. The van der Waals surface area contributed by atoms with Crippen molar-refractivity contribution >= 4 is 28.8 Å². The summed E-state index contributed by atoms with van der Waals surface area (Å²) in [6, 6.07) is 15.2. The van der Waals surface area contributed by atoms with Crippen molar-refractivity contribution in [2.24, 2.45) is 0 Å². The normalized spacial score (nSPS) is 19.1. The Morgan fingerprint density at radius 3 is 2.38 bits per heavy atom. The van der Waals surface area contributed by atoms with E-state index in [2.05, 4.69) is 48.6 Å². The zero-order valence-electron chi connectivity index (χ0n) is 21.9. The van der Waals surface area contributed by atoms with E-state index < -0.39 is 0 Å². The Balaban J connectivity index is 0.000000892. The number of likely N-dealkylation sites (tertiary alicyclic amines) is 1. The molecule has 194 valence electrons. The van der Waals surface area contributed by atoms with E-state index in [0.29, 0.717) is 12.6 Å². The molecule has 2 saturated heterocycles. The van der Waals surface area contributed by atoms with E-state index in [1.807, 2.05) is 30.3 Å². The molecule has 0 radical (unpaired) electrons. The quantitative estimate of drug-likeness (QED) is 0.441. The van der Waals surface area contributed by atoms with E-state index in [9.17, 15) is 4.79 Å². The maximum Gasteiger partial charge on any atom is 0.415 e. The summed E-state index contributed by atoms with van der Waals surface area (Å²) in [5.74, 6) is 0.762. The zero-order chi connectivity index (χ0) is 26.2. The lowest BCUT2D eigenvalue weighted by atomic mass is 9.91. The number of carbonyl (C=O) groups is 1. The number of fused-ring (bicyclic) bond motifs is 1. The van der Waals surface area contributed by atoms with Gasteiger partial charge < -0.3 is 9.30 Å². The number of aromatic nitrogens is 1. The molecule has 1 aliphatic carbocycles. The van der Waals surface area contributed by atoms with Gasteiger partial charge in [0.2, 0.25) is 0 Å². The lowest BCUT2D eigenvalue weighted by Gasteiger charge is -2.37. The summed E-state index contributed by atoms with van der Waals surface area (Å²) in [6.45, 7) is 10.3. The molecular weight excluding hydrogens is 466 g/mol. The molecule has 3 fully saturated rings. The Morgan fingerprint density at radius 1 is 1.08 bits per heavy atom. The van der Waals surface area contributed by atoms with Crippen LogP contribution in [0.1, 0.15) is 68.2 Å². The molecule has 3 aromatic rings. The molecule has 1 amide bonds. The van der Waals surface area contributed by atoms with Crippen LogP contribution in [-0.4, -0.2) is 46.9 Å². The topological polar surface area (TPSA) is 71.8 Å². The van der Waals surface area contributed by atoms with Crippen molar-refractivity contribution in [3.63, 3.8) is 0 Å². The summed E-state index contributed by atoms with van der Waals surface area (Å²) in [5.41, 5.74) is 6.31. The largest absolute Gasteiger partial charge is 0.441 e. The summed E-state index contributed by atoms with van der Waals surface area (Å²) in [7, 11) is 0. The van der Waals surface area contributed by atoms with Gasteiger partial charge >= 0.3 is 12.2 Å². The van der Waals surface area contributed by atoms with Crippen LogP contribution in [0.4, 0.5) is 10.5 Å². The molecule has 3 aliphatic rings. The number of piperidine rings is 1. The molecule has 1 aromatic heterocycles. The van der Waals surface area contributed by atoms with Gasteiger partial charge in [0.15, 0.2) is 0 Å². The maximum absolute atomic E-state index is 12.6. The molecule has 1 saturated carbocycles. The van der Waals surface area contributed by atoms with Crippen LogP contribution < -0.4 is 4.90 Å².